The van der Waals surface area contributed by atoms with Gasteiger partial charge < -0.3 is 15.5 Å². The molecule has 176 valence electrons. The highest BCUT2D eigenvalue weighted by Gasteiger charge is 2.17. The van der Waals surface area contributed by atoms with Crippen molar-refractivity contribution >= 4 is 40.6 Å². The van der Waals surface area contributed by atoms with Crippen LogP contribution in [0.3, 0.4) is 0 Å². The van der Waals surface area contributed by atoms with E-state index in [-0.39, 0.29) is 18.3 Å². The molecule has 4 rings (SSSR count). The fourth-order valence-corrected chi connectivity index (χ4v) is 4.43. The molecular weight excluding hydrogens is 432 g/mol. The number of hydrogen-bond donors (Lipinski definition) is 2. The number of carbonyl (C=O) groups excluding carboxylic acids is 1. The van der Waals surface area contributed by atoms with Gasteiger partial charge in [0.1, 0.15) is 0 Å². The zero-order valence-corrected chi connectivity index (χ0v) is 20.5. The van der Waals surface area contributed by atoms with Gasteiger partial charge in [0.15, 0.2) is 0 Å². The van der Waals surface area contributed by atoms with Crippen LogP contribution in [0.1, 0.15) is 53.7 Å². The monoisotopic (exact) mass is 466 g/mol. The van der Waals surface area contributed by atoms with Gasteiger partial charge >= 0.3 is 0 Å². The molecule has 0 spiro atoms. The summed E-state index contributed by atoms with van der Waals surface area (Å²) in [6.45, 7) is 1.66. The molecule has 1 aliphatic carbocycles. The second-order valence-corrected chi connectivity index (χ2v) is 8.82. The molecule has 1 aliphatic rings. The molecule has 6 heteroatoms. The molecule has 1 aromatic heterocycles. The summed E-state index contributed by atoms with van der Waals surface area (Å²) in [6.07, 6.45) is 7.85. The largest absolute Gasteiger partial charge is 0.384 e. The molecular formula is C27H35ClN4O. The number of aryl methyl sites for hydroxylation is 1. The highest BCUT2D eigenvalue weighted by Crippen LogP contribution is 2.33. The number of carbonyl (C=O) groups is 1. The molecule has 0 atom stereocenters. The molecule has 0 saturated carbocycles. The first-order valence-electron chi connectivity index (χ1n) is 11.8. The van der Waals surface area contributed by atoms with Crippen LogP contribution in [0.2, 0.25) is 0 Å². The lowest BCUT2D eigenvalue weighted by Crippen LogP contribution is -2.24. The number of nitrogens with zero attached hydrogens (tertiary/aromatic N) is 2. The maximum Gasteiger partial charge on any atom is 0.251 e. The van der Waals surface area contributed by atoms with Gasteiger partial charge in [-0.15, -0.1) is 12.4 Å². The Labute approximate surface area is 203 Å². The van der Waals surface area contributed by atoms with Gasteiger partial charge in [-0.05, 0) is 80.8 Å². The summed E-state index contributed by atoms with van der Waals surface area (Å²) in [5.41, 5.74) is 6.89. The average molecular weight is 467 g/mol. The highest BCUT2D eigenvalue weighted by atomic mass is 35.5. The number of benzene rings is 2. The van der Waals surface area contributed by atoms with Crippen molar-refractivity contribution in [2.45, 2.75) is 44.9 Å². The van der Waals surface area contributed by atoms with E-state index in [2.05, 4.69) is 34.9 Å². The molecule has 0 bridgehead atoms. The average Bonchev–Trinajstić information content (AvgIpc) is 2.82. The van der Waals surface area contributed by atoms with Gasteiger partial charge in [-0.1, -0.05) is 18.2 Å². The minimum atomic E-state index is 0. The molecule has 0 radical (unpaired) electrons. The first-order valence-corrected chi connectivity index (χ1v) is 11.8. The second kappa shape index (κ2) is 11.9. The third kappa shape index (κ3) is 6.17. The van der Waals surface area contributed by atoms with Crippen LogP contribution in [-0.4, -0.2) is 38.1 Å². The third-order valence-corrected chi connectivity index (χ3v) is 6.26. The first-order chi connectivity index (χ1) is 15.6. The Morgan fingerprint density at radius 1 is 0.939 bits per heavy atom. The van der Waals surface area contributed by atoms with Crippen LogP contribution in [0, 0.1) is 0 Å². The molecule has 3 aromatic rings. The lowest BCUT2D eigenvalue weighted by atomic mass is 9.92. The van der Waals surface area contributed by atoms with Crippen LogP contribution in [0.4, 0.5) is 11.4 Å². The van der Waals surface area contributed by atoms with E-state index in [0.29, 0.717) is 12.1 Å². The number of amides is 1. The number of aromatic nitrogens is 1. The van der Waals surface area contributed by atoms with Crippen LogP contribution in [0.5, 0.6) is 0 Å². The Balaban J connectivity index is 0.00000306. The normalized spacial score (nSPS) is 12.5. The molecule has 1 amide bonds. The molecule has 0 aliphatic heterocycles. The topological polar surface area (TPSA) is 57.3 Å². The van der Waals surface area contributed by atoms with E-state index in [9.17, 15) is 4.79 Å². The predicted molar refractivity (Wildman–Crippen MR) is 141 cm³/mol. The Kier molecular flexibility index (Phi) is 8.95. The van der Waals surface area contributed by atoms with E-state index in [1.807, 2.05) is 43.3 Å². The van der Waals surface area contributed by atoms with Gasteiger partial charge in [0.2, 0.25) is 0 Å². The van der Waals surface area contributed by atoms with Crippen molar-refractivity contribution in [1.82, 2.24) is 10.3 Å². The number of nitrogens with one attached hydrogen (secondary N) is 2. The molecule has 2 aromatic carbocycles. The van der Waals surface area contributed by atoms with Crippen molar-refractivity contribution in [3.8, 4) is 0 Å². The van der Waals surface area contributed by atoms with Crippen LogP contribution < -0.4 is 15.5 Å². The molecule has 0 unspecified atom stereocenters. The number of hydrogen-bond acceptors (Lipinski definition) is 4. The minimum Gasteiger partial charge on any atom is -0.384 e. The molecule has 0 fully saturated rings. The SMILES string of the molecule is CN(C)c1ccc(C(=O)NCCCCCNc2c3c(nc4ccccc24)CCCC3)cc1.Cl. The van der Waals surface area contributed by atoms with E-state index >= 15 is 0 Å². The lowest BCUT2D eigenvalue weighted by Gasteiger charge is -2.21. The van der Waals surface area contributed by atoms with E-state index in [4.69, 9.17) is 4.98 Å². The zero-order valence-electron chi connectivity index (χ0n) is 19.7. The third-order valence-electron chi connectivity index (χ3n) is 6.26. The van der Waals surface area contributed by atoms with Crippen molar-refractivity contribution in [2.75, 3.05) is 37.4 Å². The van der Waals surface area contributed by atoms with Crippen LogP contribution in [0.25, 0.3) is 10.9 Å². The number of pyridine rings is 1. The van der Waals surface area contributed by atoms with Crippen LogP contribution in [-0.2, 0) is 12.8 Å². The maximum absolute atomic E-state index is 12.3. The summed E-state index contributed by atoms with van der Waals surface area (Å²) in [5.74, 6) is 0.00307. The van der Waals surface area contributed by atoms with Crippen molar-refractivity contribution < 1.29 is 4.79 Å². The van der Waals surface area contributed by atoms with E-state index in [1.165, 1.54) is 35.2 Å². The number of anilines is 2. The van der Waals surface area contributed by atoms with Gasteiger partial charge in [0.25, 0.3) is 5.91 Å². The number of rotatable bonds is 9. The Morgan fingerprint density at radius 3 is 2.45 bits per heavy atom. The molecule has 1 heterocycles. The van der Waals surface area contributed by atoms with Gasteiger partial charge in [0, 0.05) is 55.2 Å². The Morgan fingerprint density at radius 2 is 1.67 bits per heavy atom. The molecule has 0 saturated heterocycles. The number of fused-ring (bicyclic) bond motifs is 2. The number of para-hydroxylation sites is 1. The molecule has 2 N–H and O–H groups in total. The standard InChI is InChI=1S/C27H34N4O.ClH/c1-31(2)21-16-14-20(15-17-21)27(32)29-19-9-3-8-18-28-26-22-10-4-6-12-24(22)30-25-13-7-5-11-23(25)26;/h4,6,10,12,14-17H,3,5,7-9,11,13,18-19H2,1-2H3,(H,28,30)(H,29,32);1H. The van der Waals surface area contributed by atoms with Crippen molar-refractivity contribution in [1.29, 1.82) is 0 Å². The smallest absolute Gasteiger partial charge is 0.251 e. The van der Waals surface area contributed by atoms with E-state index in [0.717, 1.165) is 49.9 Å². The lowest BCUT2D eigenvalue weighted by molar-refractivity contribution is 0.0953. The van der Waals surface area contributed by atoms with Crippen molar-refractivity contribution in [3.63, 3.8) is 0 Å². The first kappa shape index (κ1) is 24.8. The van der Waals surface area contributed by atoms with Crippen molar-refractivity contribution in [2.24, 2.45) is 0 Å². The summed E-state index contributed by atoms with van der Waals surface area (Å²) in [6, 6.07) is 16.2. The number of halogens is 1. The van der Waals surface area contributed by atoms with Gasteiger partial charge in [0.05, 0.1) is 5.52 Å². The van der Waals surface area contributed by atoms with E-state index < -0.39 is 0 Å². The predicted octanol–water partition coefficient (Wildman–Crippen LogP) is 5.61. The second-order valence-electron chi connectivity index (χ2n) is 8.82. The quantitative estimate of drug-likeness (QED) is 0.402. The van der Waals surface area contributed by atoms with Gasteiger partial charge in [-0.25, -0.2) is 0 Å². The van der Waals surface area contributed by atoms with Crippen LogP contribution >= 0.6 is 12.4 Å². The fraction of sp³-hybridized carbons (Fsp3) is 0.407. The zero-order chi connectivity index (χ0) is 22.3. The number of unbranched alkanes of at least 4 members (excludes halogenated alkanes) is 2. The van der Waals surface area contributed by atoms with Crippen molar-refractivity contribution in [3.05, 3.63) is 65.4 Å². The van der Waals surface area contributed by atoms with Gasteiger partial charge in [-0.2, -0.15) is 0 Å². The maximum atomic E-state index is 12.3. The molecule has 33 heavy (non-hydrogen) atoms. The summed E-state index contributed by atoms with van der Waals surface area (Å²) in [4.78, 5) is 19.3. The molecule has 5 nitrogen and oxygen atoms in total. The summed E-state index contributed by atoms with van der Waals surface area (Å²) in [5, 5.41) is 8.00. The summed E-state index contributed by atoms with van der Waals surface area (Å²) < 4.78 is 0. The van der Waals surface area contributed by atoms with Gasteiger partial charge in [-0.3, -0.25) is 9.78 Å². The van der Waals surface area contributed by atoms with E-state index in [1.54, 1.807) is 0 Å². The summed E-state index contributed by atoms with van der Waals surface area (Å²) in [7, 11) is 3.99. The Bertz CT molecular complexity index is 1070. The fourth-order valence-electron chi connectivity index (χ4n) is 4.43. The van der Waals surface area contributed by atoms with Crippen LogP contribution in [0.15, 0.2) is 48.5 Å². The Hall–Kier alpha value is -2.79. The highest BCUT2D eigenvalue weighted by molar-refractivity contribution is 5.94. The summed E-state index contributed by atoms with van der Waals surface area (Å²) >= 11 is 0. The minimum absolute atomic E-state index is 0.